The molecule has 2 aromatic carbocycles. The standard InChI is InChI=1S/C21H24ClN3O/c1-2-6-17-8-5-9-18(21(17)26)15-23-25-13-11-24(12-14-25)16-19-7-3-4-10-20(19)22/h2-5,7-10,15,26H,1,6,11-14,16H2/p+1/b23-15+. The summed E-state index contributed by atoms with van der Waals surface area (Å²) in [5, 5.41) is 17.8. The molecule has 1 fully saturated rings. The summed E-state index contributed by atoms with van der Waals surface area (Å²) in [5.41, 5.74) is 2.82. The number of piperazine rings is 1. The molecule has 26 heavy (non-hydrogen) atoms. The van der Waals surface area contributed by atoms with Crippen molar-refractivity contribution in [2.45, 2.75) is 13.0 Å². The number of benzene rings is 2. The molecule has 1 heterocycles. The first-order chi connectivity index (χ1) is 12.7. The van der Waals surface area contributed by atoms with E-state index in [-0.39, 0.29) is 0 Å². The number of hydrogen-bond donors (Lipinski definition) is 2. The molecule has 136 valence electrons. The molecule has 5 heteroatoms. The monoisotopic (exact) mass is 370 g/mol. The maximum Gasteiger partial charge on any atom is 0.127 e. The third-order valence-corrected chi connectivity index (χ3v) is 5.09. The lowest BCUT2D eigenvalue weighted by Gasteiger charge is -2.30. The zero-order chi connectivity index (χ0) is 18.4. The molecule has 2 aromatic rings. The average molecular weight is 371 g/mol. The van der Waals surface area contributed by atoms with Gasteiger partial charge in [0.1, 0.15) is 12.3 Å². The van der Waals surface area contributed by atoms with Crippen molar-refractivity contribution in [3.8, 4) is 5.75 Å². The topological polar surface area (TPSA) is 40.3 Å². The Balaban J connectivity index is 1.56. The van der Waals surface area contributed by atoms with Gasteiger partial charge in [0.15, 0.2) is 0 Å². The Morgan fingerprint density at radius 2 is 1.85 bits per heavy atom. The van der Waals surface area contributed by atoms with Gasteiger partial charge in [-0.1, -0.05) is 48.0 Å². The van der Waals surface area contributed by atoms with Gasteiger partial charge in [0.2, 0.25) is 0 Å². The van der Waals surface area contributed by atoms with Gasteiger partial charge in [0.05, 0.1) is 32.4 Å². The Bertz CT molecular complexity index is 783. The minimum atomic E-state index is 0.291. The van der Waals surface area contributed by atoms with Crippen LogP contribution in [0.15, 0.2) is 60.2 Å². The molecular weight excluding hydrogens is 346 g/mol. The quantitative estimate of drug-likeness (QED) is 0.606. The van der Waals surface area contributed by atoms with Gasteiger partial charge >= 0.3 is 0 Å². The smallest absolute Gasteiger partial charge is 0.127 e. The van der Waals surface area contributed by atoms with Gasteiger partial charge in [-0.2, -0.15) is 5.10 Å². The Morgan fingerprint density at radius 3 is 2.58 bits per heavy atom. The number of hydrogen-bond acceptors (Lipinski definition) is 3. The van der Waals surface area contributed by atoms with E-state index in [9.17, 15) is 5.11 Å². The molecule has 1 aliphatic rings. The second-order valence-corrected chi connectivity index (χ2v) is 6.97. The minimum absolute atomic E-state index is 0.291. The molecule has 0 spiro atoms. The van der Waals surface area contributed by atoms with Crippen molar-refractivity contribution in [2.75, 3.05) is 26.2 Å². The number of para-hydroxylation sites is 1. The number of quaternary nitrogens is 1. The Morgan fingerprint density at radius 1 is 1.12 bits per heavy atom. The number of nitrogens with one attached hydrogen (secondary N) is 1. The van der Waals surface area contributed by atoms with Crippen LogP contribution in [0.3, 0.4) is 0 Å². The van der Waals surface area contributed by atoms with Crippen LogP contribution in [0.4, 0.5) is 0 Å². The van der Waals surface area contributed by atoms with Crippen LogP contribution in [0, 0.1) is 0 Å². The summed E-state index contributed by atoms with van der Waals surface area (Å²) in [6.07, 6.45) is 4.19. The third-order valence-electron chi connectivity index (χ3n) is 4.72. The van der Waals surface area contributed by atoms with Crippen molar-refractivity contribution < 1.29 is 10.0 Å². The van der Waals surface area contributed by atoms with Gasteiger partial charge in [0, 0.05) is 16.1 Å². The van der Waals surface area contributed by atoms with Crippen molar-refractivity contribution >= 4 is 17.8 Å². The zero-order valence-corrected chi connectivity index (χ0v) is 15.6. The minimum Gasteiger partial charge on any atom is -0.507 e. The van der Waals surface area contributed by atoms with Crippen molar-refractivity contribution in [2.24, 2.45) is 5.10 Å². The van der Waals surface area contributed by atoms with Gasteiger partial charge in [-0.25, -0.2) is 0 Å². The summed E-state index contributed by atoms with van der Waals surface area (Å²) < 4.78 is 0. The van der Waals surface area contributed by atoms with Crippen LogP contribution in [0.2, 0.25) is 5.02 Å². The number of phenols is 1. The highest BCUT2D eigenvalue weighted by Crippen LogP contribution is 2.21. The lowest BCUT2D eigenvalue weighted by atomic mass is 10.1. The fraction of sp³-hybridized carbons (Fsp3) is 0.286. The molecule has 0 saturated carbocycles. The largest absolute Gasteiger partial charge is 0.507 e. The van der Waals surface area contributed by atoms with Crippen molar-refractivity contribution in [3.63, 3.8) is 0 Å². The lowest BCUT2D eigenvalue weighted by Crippen LogP contribution is -3.13. The summed E-state index contributed by atoms with van der Waals surface area (Å²) >= 11 is 6.26. The Labute approximate surface area is 160 Å². The highest BCUT2D eigenvalue weighted by Gasteiger charge is 2.19. The van der Waals surface area contributed by atoms with Gasteiger partial charge in [-0.05, 0) is 24.1 Å². The van der Waals surface area contributed by atoms with Crippen LogP contribution < -0.4 is 4.90 Å². The van der Waals surface area contributed by atoms with E-state index in [0.29, 0.717) is 12.2 Å². The highest BCUT2D eigenvalue weighted by atomic mass is 35.5. The molecule has 1 aliphatic heterocycles. The molecule has 0 bridgehead atoms. The molecular formula is C21H25ClN3O+. The highest BCUT2D eigenvalue weighted by molar-refractivity contribution is 6.31. The van der Waals surface area contributed by atoms with Crippen LogP contribution in [0.5, 0.6) is 5.75 Å². The van der Waals surface area contributed by atoms with Crippen LogP contribution >= 0.6 is 11.6 Å². The van der Waals surface area contributed by atoms with Gasteiger partial charge < -0.3 is 10.0 Å². The Hall–Kier alpha value is -2.30. The van der Waals surface area contributed by atoms with Crippen molar-refractivity contribution in [3.05, 3.63) is 76.8 Å². The molecule has 0 aromatic heterocycles. The first kappa shape index (κ1) is 18.5. The molecule has 0 unspecified atom stereocenters. The molecule has 3 rings (SSSR count). The van der Waals surface area contributed by atoms with E-state index in [4.69, 9.17) is 11.6 Å². The number of aromatic hydroxyl groups is 1. The first-order valence-electron chi connectivity index (χ1n) is 8.95. The van der Waals surface area contributed by atoms with Crippen molar-refractivity contribution in [1.82, 2.24) is 5.01 Å². The summed E-state index contributed by atoms with van der Waals surface area (Å²) in [7, 11) is 0. The van der Waals surface area contributed by atoms with E-state index in [0.717, 1.165) is 48.9 Å². The van der Waals surface area contributed by atoms with Gasteiger partial charge in [-0.3, -0.25) is 5.01 Å². The second-order valence-electron chi connectivity index (χ2n) is 6.56. The maximum atomic E-state index is 10.3. The van der Waals surface area contributed by atoms with Gasteiger partial charge in [-0.15, -0.1) is 6.58 Å². The molecule has 1 saturated heterocycles. The van der Waals surface area contributed by atoms with E-state index in [1.54, 1.807) is 12.3 Å². The summed E-state index contributed by atoms with van der Waals surface area (Å²) in [5.74, 6) is 0.291. The molecule has 0 radical (unpaired) electrons. The lowest BCUT2D eigenvalue weighted by molar-refractivity contribution is -0.918. The normalized spacial score (nSPS) is 15.5. The predicted octanol–water partition coefficient (Wildman–Crippen LogP) is 2.51. The fourth-order valence-corrected chi connectivity index (χ4v) is 3.40. The van der Waals surface area contributed by atoms with Crippen LogP contribution in [0.25, 0.3) is 0 Å². The summed E-state index contributed by atoms with van der Waals surface area (Å²) in [6, 6.07) is 13.8. The van der Waals surface area contributed by atoms with E-state index in [1.807, 2.05) is 36.4 Å². The number of allylic oxidation sites excluding steroid dienone is 1. The molecule has 0 amide bonds. The first-order valence-corrected chi connectivity index (χ1v) is 9.33. The number of hydrazone groups is 1. The molecule has 0 atom stereocenters. The van der Waals surface area contributed by atoms with Crippen molar-refractivity contribution in [1.29, 1.82) is 0 Å². The number of halogens is 1. The molecule has 0 aliphatic carbocycles. The fourth-order valence-electron chi connectivity index (χ4n) is 3.19. The molecule has 4 nitrogen and oxygen atoms in total. The van der Waals surface area contributed by atoms with Crippen LogP contribution in [-0.4, -0.2) is 42.5 Å². The SMILES string of the molecule is C=CCc1cccc(/C=N/N2CC[NH+](Cc3ccccc3Cl)CC2)c1O. The summed E-state index contributed by atoms with van der Waals surface area (Å²) in [6.45, 7) is 8.49. The second kappa shape index (κ2) is 8.88. The van der Waals surface area contributed by atoms with Crippen LogP contribution in [-0.2, 0) is 13.0 Å². The third kappa shape index (κ3) is 4.65. The number of rotatable bonds is 6. The number of phenolic OH excluding ortho intramolecular Hbond substituents is 1. The summed E-state index contributed by atoms with van der Waals surface area (Å²) in [4.78, 5) is 1.51. The number of nitrogens with zero attached hydrogens (tertiary/aromatic N) is 2. The van der Waals surface area contributed by atoms with E-state index < -0.39 is 0 Å². The van der Waals surface area contributed by atoms with E-state index in [2.05, 4.69) is 22.8 Å². The molecule has 2 N–H and O–H groups in total. The average Bonchev–Trinajstić information content (AvgIpc) is 2.66. The zero-order valence-electron chi connectivity index (χ0n) is 14.9. The van der Waals surface area contributed by atoms with E-state index in [1.165, 1.54) is 10.5 Å². The van der Waals surface area contributed by atoms with Gasteiger partial charge in [0.25, 0.3) is 0 Å². The Kier molecular flexibility index (Phi) is 6.31. The maximum absolute atomic E-state index is 10.3. The van der Waals surface area contributed by atoms with Crippen LogP contribution in [0.1, 0.15) is 16.7 Å². The predicted molar refractivity (Wildman–Crippen MR) is 107 cm³/mol. The van der Waals surface area contributed by atoms with E-state index >= 15 is 0 Å².